The summed E-state index contributed by atoms with van der Waals surface area (Å²) in [6.07, 6.45) is 0.330. The number of amides is 2. The van der Waals surface area contributed by atoms with Crippen LogP contribution in [0.1, 0.15) is 36.2 Å². The third kappa shape index (κ3) is 3.59. The van der Waals surface area contributed by atoms with Gasteiger partial charge in [-0.25, -0.2) is 4.79 Å². The molecule has 0 aromatic heterocycles. The SMILES string of the molecule is C=C1c2ccccc2C(=O)N1CC(=O)N[C@H](CC(C)C)C(=O)O. The molecule has 6 nitrogen and oxygen atoms in total. The van der Waals surface area contributed by atoms with Gasteiger partial charge < -0.3 is 10.4 Å². The number of fused-ring (bicyclic) bond motifs is 1. The van der Waals surface area contributed by atoms with E-state index in [9.17, 15) is 14.4 Å². The van der Waals surface area contributed by atoms with Crippen LogP contribution in [-0.2, 0) is 9.59 Å². The molecule has 6 heteroatoms. The molecule has 23 heavy (non-hydrogen) atoms. The maximum absolute atomic E-state index is 12.3. The van der Waals surface area contributed by atoms with Gasteiger partial charge in [-0.2, -0.15) is 0 Å². The lowest BCUT2D eigenvalue weighted by Crippen LogP contribution is -2.46. The number of carbonyl (C=O) groups excluding carboxylic acids is 2. The standard InChI is InChI=1S/C17H20N2O4/c1-10(2)8-14(17(22)23)18-15(20)9-19-11(3)12-6-4-5-7-13(12)16(19)21/h4-7,10,14H,3,8-9H2,1-2H3,(H,18,20)(H,22,23)/t14-/m1/s1. The van der Waals surface area contributed by atoms with Crippen molar-refractivity contribution in [3.05, 3.63) is 42.0 Å². The van der Waals surface area contributed by atoms with E-state index in [1.807, 2.05) is 13.8 Å². The third-order valence-corrected chi connectivity index (χ3v) is 3.68. The lowest BCUT2D eigenvalue weighted by molar-refractivity contribution is -0.142. The van der Waals surface area contributed by atoms with Crippen LogP contribution >= 0.6 is 0 Å². The Labute approximate surface area is 134 Å². The molecule has 1 aliphatic heterocycles. The molecule has 1 aromatic rings. The number of carboxylic acids is 1. The summed E-state index contributed by atoms with van der Waals surface area (Å²) in [7, 11) is 0. The first-order valence-corrected chi connectivity index (χ1v) is 7.43. The van der Waals surface area contributed by atoms with Gasteiger partial charge in [0, 0.05) is 16.8 Å². The first-order chi connectivity index (χ1) is 10.8. The van der Waals surface area contributed by atoms with E-state index in [2.05, 4.69) is 11.9 Å². The van der Waals surface area contributed by atoms with Gasteiger partial charge in [0.05, 0.1) is 0 Å². The maximum atomic E-state index is 12.3. The number of carbonyl (C=O) groups is 3. The van der Waals surface area contributed by atoms with Crippen LogP contribution in [0.3, 0.4) is 0 Å². The Hall–Kier alpha value is -2.63. The number of benzene rings is 1. The van der Waals surface area contributed by atoms with Gasteiger partial charge in [-0.05, 0) is 18.4 Å². The van der Waals surface area contributed by atoms with Crippen molar-refractivity contribution in [2.45, 2.75) is 26.3 Å². The van der Waals surface area contributed by atoms with Crippen molar-refractivity contribution >= 4 is 23.5 Å². The molecular formula is C17H20N2O4. The Morgan fingerprint density at radius 3 is 2.39 bits per heavy atom. The minimum absolute atomic E-state index is 0.129. The second-order valence-corrected chi connectivity index (χ2v) is 5.97. The average molecular weight is 316 g/mol. The molecule has 0 radical (unpaired) electrons. The molecular weight excluding hydrogens is 296 g/mol. The highest BCUT2D eigenvalue weighted by Crippen LogP contribution is 2.30. The van der Waals surface area contributed by atoms with Gasteiger partial charge in [-0.15, -0.1) is 0 Å². The van der Waals surface area contributed by atoms with Gasteiger partial charge in [-0.1, -0.05) is 38.6 Å². The molecule has 0 saturated heterocycles. The molecule has 2 amide bonds. The summed E-state index contributed by atoms with van der Waals surface area (Å²) in [6, 6.07) is 6.03. The molecule has 0 spiro atoms. The highest BCUT2D eigenvalue weighted by molar-refractivity contribution is 6.10. The zero-order valence-electron chi connectivity index (χ0n) is 13.2. The molecule has 1 atom stereocenters. The van der Waals surface area contributed by atoms with Gasteiger partial charge in [-0.3, -0.25) is 14.5 Å². The van der Waals surface area contributed by atoms with Crippen LogP contribution in [0.5, 0.6) is 0 Å². The summed E-state index contributed by atoms with van der Waals surface area (Å²) in [5.74, 6) is -1.76. The summed E-state index contributed by atoms with van der Waals surface area (Å²) >= 11 is 0. The molecule has 2 N–H and O–H groups in total. The lowest BCUT2D eigenvalue weighted by Gasteiger charge is -2.20. The van der Waals surface area contributed by atoms with Crippen molar-refractivity contribution < 1.29 is 19.5 Å². The highest BCUT2D eigenvalue weighted by Gasteiger charge is 2.32. The molecule has 0 saturated carbocycles. The number of hydrogen-bond donors (Lipinski definition) is 2. The maximum Gasteiger partial charge on any atom is 0.326 e. The number of aliphatic carboxylic acids is 1. The van der Waals surface area contributed by atoms with Crippen LogP contribution in [0, 0.1) is 5.92 Å². The minimum atomic E-state index is -1.08. The van der Waals surface area contributed by atoms with E-state index >= 15 is 0 Å². The Kier molecular flexibility index (Phi) is 4.83. The molecule has 0 unspecified atom stereocenters. The predicted molar refractivity (Wildman–Crippen MR) is 85.5 cm³/mol. The van der Waals surface area contributed by atoms with E-state index in [0.717, 1.165) is 0 Å². The largest absolute Gasteiger partial charge is 0.480 e. The summed E-state index contributed by atoms with van der Waals surface area (Å²) in [4.78, 5) is 36.9. The van der Waals surface area contributed by atoms with Crippen LogP contribution in [0.2, 0.25) is 0 Å². The number of nitrogens with one attached hydrogen (secondary N) is 1. The lowest BCUT2D eigenvalue weighted by atomic mass is 10.0. The normalized spacial score (nSPS) is 14.8. The molecule has 122 valence electrons. The number of carboxylic acid groups (broad SMARTS) is 1. The summed E-state index contributed by atoms with van der Waals surface area (Å²) in [5.41, 5.74) is 1.65. The second-order valence-electron chi connectivity index (χ2n) is 5.97. The fourth-order valence-corrected chi connectivity index (χ4v) is 2.58. The quantitative estimate of drug-likeness (QED) is 0.837. The van der Waals surface area contributed by atoms with Crippen molar-refractivity contribution in [3.8, 4) is 0 Å². The van der Waals surface area contributed by atoms with Crippen molar-refractivity contribution in [1.29, 1.82) is 0 Å². The van der Waals surface area contributed by atoms with E-state index in [4.69, 9.17) is 5.11 Å². The summed E-state index contributed by atoms with van der Waals surface area (Å²) in [5, 5.41) is 11.6. The molecule has 0 bridgehead atoms. The topological polar surface area (TPSA) is 86.7 Å². The molecule has 1 aromatic carbocycles. The Morgan fingerprint density at radius 1 is 1.26 bits per heavy atom. The van der Waals surface area contributed by atoms with Crippen molar-refractivity contribution in [2.24, 2.45) is 5.92 Å². The van der Waals surface area contributed by atoms with Crippen LogP contribution in [-0.4, -0.2) is 40.4 Å². The fraction of sp³-hybridized carbons (Fsp3) is 0.353. The molecule has 1 aliphatic rings. The Bertz CT molecular complexity index is 631. The van der Waals surface area contributed by atoms with Crippen molar-refractivity contribution in [1.82, 2.24) is 10.2 Å². The van der Waals surface area contributed by atoms with Crippen molar-refractivity contribution in [2.75, 3.05) is 6.54 Å². The number of rotatable bonds is 6. The summed E-state index contributed by atoms with van der Waals surface area (Å²) in [6.45, 7) is 7.37. The summed E-state index contributed by atoms with van der Waals surface area (Å²) < 4.78 is 0. The van der Waals surface area contributed by atoms with E-state index in [-0.39, 0.29) is 18.4 Å². The van der Waals surface area contributed by atoms with Crippen molar-refractivity contribution in [3.63, 3.8) is 0 Å². The van der Waals surface area contributed by atoms with Crippen LogP contribution < -0.4 is 5.32 Å². The zero-order chi connectivity index (χ0) is 17.1. The zero-order valence-corrected chi connectivity index (χ0v) is 13.2. The predicted octanol–water partition coefficient (Wildman–Crippen LogP) is 1.73. The first kappa shape index (κ1) is 16.7. The Morgan fingerprint density at radius 2 is 1.87 bits per heavy atom. The molecule has 1 heterocycles. The van der Waals surface area contributed by atoms with E-state index < -0.39 is 17.9 Å². The van der Waals surface area contributed by atoms with Gasteiger partial charge in [0.2, 0.25) is 5.91 Å². The molecule has 0 aliphatic carbocycles. The van der Waals surface area contributed by atoms with E-state index in [1.54, 1.807) is 24.3 Å². The van der Waals surface area contributed by atoms with Gasteiger partial charge in [0.25, 0.3) is 5.91 Å². The highest BCUT2D eigenvalue weighted by atomic mass is 16.4. The molecule has 2 rings (SSSR count). The third-order valence-electron chi connectivity index (χ3n) is 3.68. The van der Waals surface area contributed by atoms with Gasteiger partial charge in [0.15, 0.2) is 0 Å². The second kappa shape index (κ2) is 6.64. The van der Waals surface area contributed by atoms with Crippen LogP contribution in [0.25, 0.3) is 5.70 Å². The Balaban J connectivity index is 2.05. The van der Waals surface area contributed by atoms with Gasteiger partial charge >= 0.3 is 5.97 Å². The van der Waals surface area contributed by atoms with E-state index in [1.165, 1.54) is 4.90 Å². The van der Waals surface area contributed by atoms with E-state index in [0.29, 0.717) is 23.2 Å². The monoisotopic (exact) mass is 316 g/mol. The molecule has 0 fully saturated rings. The number of hydrogen-bond acceptors (Lipinski definition) is 3. The first-order valence-electron chi connectivity index (χ1n) is 7.43. The number of nitrogens with zero attached hydrogens (tertiary/aromatic N) is 1. The fourth-order valence-electron chi connectivity index (χ4n) is 2.58. The van der Waals surface area contributed by atoms with Gasteiger partial charge in [0.1, 0.15) is 12.6 Å². The minimum Gasteiger partial charge on any atom is -0.480 e. The average Bonchev–Trinajstić information content (AvgIpc) is 2.72. The smallest absolute Gasteiger partial charge is 0.326 e. The van der Waals surface area contributed by atoms with Crippen LogP contribution in [0.4, 0.5) is 0 Å². The van der Waals surface area contributed by atoms with Crippen LogP contribution in [0.15, 0.2) is 30.8 Å².